The number of hydrogen-bond donors (Lipinski definition) is 1. The summed E-state index contributed by atoms with van der Waals surface area (Å²) >= 11 is 0. The monoisotopic (exact) mass is 571 g/mol. The fourth-order valence-corrected chi connectivity index (χ4v) is 2.59. The third-order valence-electron chi connectivity index (χ3n) is 4.57. The Balaban J connectivity index is 0.00000544. The van der Waals surface area contributed by atoms with Crippen molar-refractivity contribution >= 4 is 41.5 Å². The van der Waals surface area contributed by atoms with Crippen LogP contribution in [0, 0.1) is 10.1 Å². The molecule has 0 aliphatic rings. The van der Waals surface area contributed by atoms with Gasteiger partial charge in [-0.15, -0.1) is 24.0 Å². The van der Waals surface area contributed by atoms with Crippen LogP contribution >= 0.6 is 24.0 Å². The van der Waals surface area contributed by atoms with Gasteiger partial charge in [-0.1, -0.05) is 12.1 Å². The number of likely N-dealkylation sites (N-methyl/N-ethyl adjacent to an activating group) is 2. The third kappa shape index (κ3) is 9.51. The largest absolute Gasteiger partial charge is 0.497 e. The van der Waals surface area contributed by atoms with Crippen LogP contribution in [0.15, 0.2) is 53.5 Å². The minimum Gasteiger partial charge on any atom is -0.497 e. The zero-order chi connectivity index (χ0) is 23.5. The molecule has 0 fully saturated rings. The molecule has 2 rings (SSSR count). The summed E-state index contributed by atoms with van der Waals surface area (Å²) in [6, 6.07) is 13.5. The van der Waals surface area contributed by atoms with Crippen LogP contribution in [0.1, 0.15) is 5.56 Å². The first-order valence-electron chi connectivity index (χ1n) is 10.00. The lowest BCUT2D eigenvalue weighted by Gasteiger charge is -2.23. The Labute approximate surface area is 210 Å². The maximum Gasteiger partial charge on any atom is 0.269 e. The van der Waals surface area contributed by atoms with Gasteiger partial charge in [0.1, 0.15) is 18.1 Å². The zero-order valence-electron chi connectivity index (χ0n) is 19.2. The molecule has 10 nitrogen and oxygen atoms in total. The number of benzene rings is 2. The van der Waals surface area contributed by atoms with Gasteiger partial charge in [0, 0.05) is 33.3 Å². The average Bonchev–Trinajstić information content (AvgIpc) is 2.79. The predicted molar refractivity (Wildman–Crippen MR) is 137 cm³/mol. The van der Waals surface area contributed by atoms with Crippen LogP contribution in [-0.4, -0.2) is 74.5 Å². The molecule has 0 heterocycles. The van der Waals surface area contributed by atoms with Crippen molar-refractivity contribution < 1.29 is 19.2 Å². The van der Waals surface area contributed by atoms with Crippen LogP contribution in [0.2, 0.25) is 0 Å². The lowest BCUT2D eigenvalue weighted by atomic mass is 10.2. The summed E-state index contributed by atoms with van der Waals surface area (Å²) in [5.74, 6) is 1.91. The number of nitrogens with zero attached hydrogens (tertiary/aromatic N) is 4. The number of carbonyl (C=O) groups excluding carboxylic acids is 1. The van der Waals surface area contributed by atoms with Gasteiger partial charge in [0.2, 0.25) is 5.91 Å². The summed E-state index contributed by atoms with van der Waals surface area (Å²) in [5, 5.41) is 13.9. The number of amides is 1. The Hall–Kier alpha value is -3.09. The number of carbonyl (C=O) groups is 1. The van der Waals surface area contributed by atoms with Crippen LogP contribution in [0.5, 0.6) is 11.5 Å². The van der Waals surface area contributed by atoms with Crippen LogP contribution in [0.3, 0.4) is 0 Å². The van der Waals surface area contributed by atoms with Crippen molar-refractivity contribution in [3.8, 4) is 11.5 Å². The first kappa shape index (κ1) is 27.9. The maximum absolute atomic E-state index is 12.0. The van der Waals surface area contributed by atoms with E-state index in [9.17, 15) is 14.9 Å². The van der Waals surface area contributed by atoms with E-state index in [1.165, 1.54) is 17.0 Å². The highest BCUT2D eigenvalue weighted by Gasteiger charge is 2.11. The lowest BCUT2D eigenvalue weighted by molar-refractivity contribution is -0.384. The van der Waals surface area contributed by atoms with Crippen molar-refractivity contribution in [1.82, 2.24) is 15.1 Å². The first-order valence-corrected chi connectivity index (χ1v) is 10.00. The molecule has 0 aromatic heterocycles. The summed E-state index contributed by atoms with van der Waals surface area (Å²) in [7, 11) is 6.82. The molecule has 1 N–H and O–H groups in total. The molecule has 0 atom stereocenters. The number of guanidine groups is 1. The molecule has 1 amide bonds. The number of ether oxygens (including phenoxy) is 2. The van der Waals surface area contributed by atoms with Crippen LogP contribution in [0.4, 0.5) is 5.69 Å². The number of hydrogen-bond acceptors (Lipinski definition) is 6. The highest BCUT2D eigenvalue weighted by molar-refractivity contribution is 14.0. The summed E-state index contributed by atoms with van der Waals surface area (Å²) in [6.45, 7) is 1.33. The number of methoxy groups -OCH3 is 1. The van der Waals surface area contributed by atoms with Crippen molar-refractivity contribution in [2.45, 2.75) is 6.54 Å². The highest BCUT2D eigenvalue weighted by Crippen LogP contribution is 2.17. The molecule has 33 heavy (non-hydrogen) atoms. The Morgan fingerprint density at radius 2 is 1.67 bits per heavy atom. The molecule has 2 aromatic carbocycles. The summed E-state index contributed by atoms with van der Waals surface area (Å²) < 4.78 is 10.9. The van der Waals surface area contributed by atoms with E-state index < -0.39 is 4.92 Å². The minimum atomic E-state index is -0.441. The van der Waals surface area contributed by atoms with Gasteiger partial charge in [-0.2, -0.15) is 0 Å². The predicted octanol–water partition coefficient (Wildman–Crippen LogP) is 2.77. The van der Waals surface area contributed by atoms with Crippen molar-refractivity contribution in [1.29, 1.82) is 0 Å². The normalized spacial score (nSPS) is 10.6. The number of nitro benzene ring substituents is 1. The molecule has 0 saturated carbocycles. The Kier molecular flexibility index (Phi) is 12.0. The molecule has 0 spiro atoms. The number of non-ortho nitro benzene ring substituents is 1. The molecule has 0 unspecified atom stereocenters. The Morgan fingerprint density at radius 1 is 1.06 bits per heavy atom. The van der Waals surface area contributed by atoms with E-state index in [-0.39, 0.29) is 42.1 Å². The number of nitrogens with one attached hydrogen (secondary N) is 1. The molecule has 0 aliphatic heterocycles. The minimum absolute atomic E-state index is 0. The molecular weight excluding hydrogens is 541 g/mol. The van der Waals surface area contributed by atoms with E-state index in [0.29, 0.717) is 25.7 Å². The molecule has 0 bridgehead atoms. The van der Waals surface area contributed by atoms with E-state index in [4.69, 9.17) is 9.47 Å². The van der Waals surface area contributed by atoms with Crippen molar-refractivity contribution in [3.05, 3.63) is 64.2 Å². The molecule has 0 aliphatic carbocycles. The highest BCUT2D eigenvalue weighted by atomic mass is 127. The van der Waals surface area contributed by atoms with E-state index in [1.54, 1.807) is 33.3 Å². The maximum atomic E-state index is 12.0. The van der Waals surface area contributed by atoms with Crippen molar-refractivity contribution in [3.63, 3.8) is 0 Å². The molecule has 11 heteroatoms. The number of aliphatic imine (C=N–C) groups is 1. The van der Waals surface area contributed by atoms with Gasteiger partial charge in [-0.3, -0.25) is 14.9 Å². The van der Waals surface area contributed by atoms with Gasteiger partial charge in [0.25, 0.3) is 5.69 Å². The van der Waals surface area contributed by atoms with E-state index >= 15 is 0 Å². The second kappa shape index (κ2) is 14.1. The van der Waals surface area contributed by atoms with Gasteiger partial charge in [0.05, 0.1) is 31.7 Å². The van der Waals surface area contributed by atoms with Gasteiger partial charge < -0.3 is 24.6 Å². The topological polar surface area (TPSA) is 110 Å². The first-order chi connectivity index (χ1) is 15.3. The molecular formula is C22H30IN5O5. The lowest BCUT2D eigenvalue weighted by Crippen LogP contribution is -2.45. The van der Waals surface area contributed by atoms with Gasteiger partial charge in [-0.25, -0.2) is 4.99 Å². The van der Waals surface area contributed by atoms with Gasteiger partial charge >= 0.3 is 0 Å². The average molecular weight is 571 g/mol. The molecule has 2 aromatic rings. The molecule has 0 saturated heterocycles. The van der Waals surface area contributed by atoms with E-state index in [0.717, 1.165) is 17.1 Å². The number of halogens is 1. The quantitative estimate of drug-likeness (QED) is 0.154. The van der Waals surface area contributed by atoms with E-state index in [2.05, 4.69) is 10.3 Å². The van der Waals surface area contributed by atoms with Gasteiger partial charge in [0.15, 0.2) is 5.96 Å². The van der Waals surface area contributed by atoms with Crippen LogP contribution < -0.4 is 14.8 Å². The fraction of sp³-hybridized carbons (Fsp3) is 0.364. The fourth-order valence-electron chi connectivity index (χ4n) is 2.59. The smallest absolute Gasteiger partial charge is 0.269 e. The molecule has 180 valence electrons. The summed E-state index contributed by atoms with van der Waals surface area (Å²) in [4.78, 5) is 30.3. The van der Waals surface area contributed by atoms with Crippen LogP contribution in [-0.2, 0) is 11.3 Å². The second-order valence-corrected chi connectivity index (χ2v) is 7.15. The summed E-state index contributed by atoms with van der Waals surface area (Å²) in [6.07, 6.45) is 0. The Bertz CT molecular complexity index is 920. The SMILES string of the molecule is COc1ccc(OCCN(C)C(=NCc2ccc([N+](=O)[O-])cc2)NCC(=O)N(C)C)cc1.I. The summed E-state index contributed by atoms with van der Waals surface area (Å²) in [5.41, 5.74) is 0.845. The van der Waals surface area contributed by atoms with E-state index in [1.807, 2.05) is 36.2 Å². The molecule has 0 radical (unpaired) electrons. The second-order valence-electron chi connectivity index (χ2n) is 7.15. The number of rotatable bonds is 10. The van der Waals surface area contributed by atoms with Crippen LogP contribution in [0.25, 0.3) is 0 Å². The third-order valence-corrected chi connectivity index (χ3v) is 4.57. The van der Waals surface area contributed by atoms with Gasteiger partial charge in [-0.05, 0) is 29.8 Å². The van der Waals surface area contributed by atoms with Crippen molar-refractivity contribution in [2.75, 3.05) is 47.9 Å². The number of nitro groups is 1. The van der Waals surface area contributed by atoms with Crippen molar-refractivity contribution in [2.24, 2.45) is 4.99 Å². The zero-order valence-corrected chi connectivity index (χ0v) is 21.5. The Morgan fingerprint density at radius 3 is 2.21 bits per heavy atom. The standard InChI is InChI=1S/C22H29N5O5.HI/c1-25(2)21(28)16-24-22(23-15-17-5-7-18(8-6-17)27(29)30)26(3)13-14-32-20-11-9-19(31-4)10-12-20;/h5-12H,13-16H2,1-4H3,(H,23,24);1H.